The lowest BCUT2D eigenvalue weighted by Gasteiger charge is -2.27. The molecule has 138 valence electrons. The minimum atomic E-state index is -1.39. The second-order valence-corrected chi connectivity index (χ2v) is 6.95. The van der Waals surface area contributed by atoms with E-state index >= 15 is 0 Å². The molecule has 0 bridgehead atoms. The molecule has 0 aliphatic heterocycles. The molecule has 6 nitrogen and oxygen atoms in total. The molecule has 0 saturated carbocycles. The van der Waals surface area contributed by atoms with Crippen LogP contribution < -0.4 is 5.32 Å². The Labute approximate surface area is 148 Å². The van der Waals surface area contributed by atoms with Gasteiger partial charge in [0, 0.05) is 24.8 Å². The Kier molecular flexibility index (Phi) is 7.93. The first-order valence-corrected chi connectivity index (χ1v) is 8.36. The molecule has 1 aromatic rings. The van der Waals surface area contributed by atoms with E-state index in [1.807, 2.05) is 37.3 Å². The maximum Gasteiger partial charge on any atom is 0.249 e. The highest BCUT2D eigenvalue weighted by atomic mass is 16.3. The van der Waals surface area contributed by atoms with Crippen molar-refractivity contribution < 1.29 is 24.6 Å². The summed E-state index contributed by atoms with van der Waals surface area (Å²) in [5.74, 6) is -1.74. The van der Waals surface area contributed by atoms with Gasteiger partial charge in [0.15, 0.2) is 11.6 Å². The Hall–Kier alpha value is -2.05. The third-order valence-electron chi connectivity index (χ3n) is 4.22. The summed E-state index contributed by atoms with van der Waals surface area (Å²) in [6, 6.07) is 9.47. The van der Waals surface area contributed by atoms with Crippen LogP contribution in [0, 0.1) is 5.41 Å². The predicted octanol–water partition coefficient (Wildman–Crippen LogP) is 1.20. The zero-order chi connectivity index (χ0) is 19.0. The smallest absolute Gasteiger partial charge is 0.249 e. The number of ketones is 2. The standard InChI is InChI=1S/C19H27NO5/c1-13(14-7-5-4-6-8-14)11-16(23)15(22)9-10-20-18(25)17(24)19(2,3)12-21/h4-8,13,17,21,24H,9-12H2,1-3H3,(H,20,25)/t13?,17-/m0/s1. The van der Waals surface area contributed by atoms with Gasteiger partial charge in [-0.15, -0.1) is 0 Å². The number of hydrogen-bond donors (Lipinski definition) is 3. The quantitative estimate of drug-likeness (QED) is 0.551. The molecule has 0 saturated heterocycles. The Morgan fingerprint density at radius 1 is 1.12 bits per heavy atom. The molecule has 1 rings (SSSR count). The number of aliphatic hydroxyl groups excluding tert-OH is 2. The van der Waals surface area contributed by atoms with E-state index < -0.39 is 29.0 Å². The van der Waals surface area contributed by atoms with E-state index in [0.717, 1.165) is 5.56 Å². The minimum Gasteiger partial charge on any atom is -0.396 e. The number of rotatable bonds is 10. The molecular weight excluding hydrogens is 322 g/mol. The Bertz CT molecular complexity index is 597. The van der Waals surface area contributed by atoms with Crippen LogP contribution in [0.3, 0.4) is 0 Å². The van der Waals surface area contributed by atoms with E-state index in [1.165, 1.54) is 0 Å². The maximum atomic E-state index is 12.0. The van der Waals surface area contributed by atoms with Gasteiger partial charge in [0.05, 0.1) is 6.61 Å². The van der Waals surface area contributed by atoms with Gasteiger partial charge >= 0.3 is 0 Å². The van der Waals surface area contributed by atoms with Gasteiger partial charge in [0.1, 0.15) is 6.10 Å². The fraction of sp³-hybridized carbons (Fsp3) is 0.526. The zero-order valence-electron chi connectivity index (χ0n) is 15.0. The molecule has 1 aromatic carbocycles. The van der Waals surface area contributed by atoms with Crippen molar-refractivity contribution in [2.24, 2.45) is 5.41 Å². The van der Waals surface area contributed by atoms with Gasteiger partial charge in [-0.1, -0.05) is 51.1 Å². The SMILES string of the molecule is CC(CC(=O)C(=O)CCNC(=O)[C@H](O)C(C)(C)CO)c1ccccc1. The topological polar surface area (TPSA) is 104 Å². The van der Waals surface area contributed by atoms with Gasteiger partial charge in [-0.25, -0.2) is 0 Å². The van der Waals surface area contributed by atoms with Crippen LogP contribution in [0.1, 0.15) is 45.1 Å². The lowest BCUT2D eigenvalue weighted by Crippen LogP contribution is -2.46. The molecule has 0 aliphatic carbocycles. The predicted molar refractivity (Wildman–Crippen MR) is 94.0 cm³/mol. The van der Waals surface area contributed by atoms with Crippen LogP contribution in [-0.4, -0.2) is 46.9 Å². The summed E-state index contributed by atoms with van der Waals surface area (Å²) in [7, 11) is 0. The van der Waals surface area contributed by atoms with E-state index in [4.69, 9.17) is 5.11 Å². The monoisotopic (exact) mass is 349 g/mol. The summed E-state index contributed by atoms with van der Waals surface area (Å²) >= 11 is 0. The molecule has 2 atom stereocenters. The van der Waals surface area contributed by atoms with Gasteiger partial charge in [0.2, 0.25) is 5.91 Å². The Morgan fingerprint density at radius 3 is 2.28 bits per heavy atom. The van der Waals surface area contributed by atoms with Crippen molar-refractivity contribution in [2.45, 2.75) is 45.6 Å². The van der Waals surface area contributed by atoms with Crippen molar-refractivity contribution in [3.05, 3.63) is 35.9 Å². The minimum absolute atomic E-state index is 0.0261. The molecule has 3 N–H and O–H groups in total. The number of Topliss-reactive ketones (excluding diaryl/α,β-unsaturated/α-hetero) is 2. The van der Waals surface area contributed by atoms with Crippen LogP contribution in [0.25, 0.3) is 0 Å². The van der Waals surface area contributed by atoms with Gasteiger partial charge in [-0.3, -0.25) is 14.4 Å². The van der Waals surface area contributed by atoms with Crippen molar-refractivity contribution >= 4 is 17.5 Å². The van der Waals surface area contributed by atoms with Crippen LogP contribution >= 0.6 is 0 Å². The third-order valence-corrected chi connectivity index (χ3v) is 4.22. The van der Waals surface area contributed by atoms with Crippen molar-refractivity contribution in [1.82, 2.24) is 5.32 Å². The molecule has 1 amide bonds. The van der Waals surface area contributed by atoms with Crippen LogP contribution in [0.5, 0.6) is 0 Å². The fourth-order valence-electron chi connectivity index (χ4n) is 2.27. The number of benzene rings is 1. The van der Waals surface area contributed by atoms with Gasteiger partial charge in [-0.05, 0) is 11.5 Å². The Balaban J connectivity index is 2.41. The first-order valence-electron chi connectivity index (χ1n) is 8.36. The van der Waals surface area contributed by atoms with Crippen molar-refractivity contribution in [3.63, 3.8) is 0 Å². The molecule has 25 heavy (non-hydrogen) atoms. The summed E-state index contributed by atoms with van der Waals surface area (Å²) in [6.07, 6.45) is -1.38. The summed E-state index contributed by atoms with van der Waals surface area (Å²) in [6.45, 7) is 4.61. The van der Waals surface area contributed by atoms with Gasteiger partial charge in [-0.2, -0.15) is 0 Å². The molecule has 0 aromatic heterocycles. The van der Waals surface area contributed by atoms with E-state index in [-0.39, 0.29) is 31.9 Å². The van der Waals surface area contributed by atoms with E-state index in [1.54, 1.807) is 13.8 Å². The molecule has 6 heteroatoms. The van der Waals surface area contributed by atoms with Crippen LogP contribution in [-0.2, 0) is 14.4 Å². The normalized spacial score (nSPS) is 13.8. The van der Waals surface area contributed by atoms with Crippen molar-refractivity contribution in [3.8, 4) is 0 Å². The fourth-order valence-corrected chi connectivity index (χ4v) is 2.27. The summed E-state index contributed by atoms with van der Waals surface area (Å²) in [5.41, 5.74) is 0.0148. The highest BCUT2D eigenvalue weighted by Gasteiger charge is 2.32. The summed E-state index contributed by atoms with van der Waals surface area (Å²) in [4.78, 5) is 35.7. The average Bonchev–Trinajstić information content (AvgIpc) is 2.61. The number of carbonyl (C=O) groups is 3. The van der Waals surface area contributed by atoms with Crippen molar-refractivity contribution in [2.75, 3.05) is 13.2 Å². The Morgan fingerprint density at radius 2 is 1.72 bits per heavy atom. The van der Waals surface area contributed by atoms with Crippen LogP contribution in [0.4, 0.5) is 0 Å². The van der Waals surface area contributed by atoms with E-state index in [9.17, 15) is 19.5 Å². The number of amides is 1. The lowest BCUT2D eigenvalue weighted by atomic mass is 9.87. The second-order valence-electron chi connectivity index (χ2n) is 6.95. The lowest BCUT2D eigenvalue weighted by molar-refractivity contribution is -0.138. The molecule has 0 fully saturated rings. The van der Waals surface area contributed by atoms with E-state index in [0.29, 0.717) is 0 Å². The second kappa shape index (κ2) is 9.44. The number of nitrogens with one attached hydrogen (secondary N) is 1. The maximum absolute atomic E-state index is 12.0. The highest BCUT2D eigenvalue weighted by Crippen LogP contribution is 2.20. The van der Waals surface area contributed by atoms with E-state index in [2.05, 4.69) is 5.32 Å². The molecule has 0 aliphatic rings. The van der Waals surface area contributed by atoms with Gasteiger partial charge in [0.25, 0.3) is 0 Å². The van der Waals surface area contributed by atoms with Crippen LogP contribution in [0.15, 0.2) is 30.3 Å². The highest BCUT2D eigenvalue weighted by molar-refractivity contribution is 6.37. The number of aliphatic hydroxyl groups is 2. The molecule has 0 spiro atoms. The van der Waals surface area contributed by atoms with Crippen molar-refractivity contribution in [1.29, 1.82) is 0 Å². The third kappa shape index (κ3) is 6.40. The zero-order valence-corrected chi connectivity index (χ0v) is 15.0. The largest absolute Gasteiger partial charge is 0.396 e. The van der Waals surface area contributed by atoms with Crippen LogP contribution in [0.2, 0.25) is 0 Å². The number of carbonyl (C=O) groups excluding carboxylic acids is 3. The average molecular weight is 349 g/mol. The summed E-state index contributed by atoms with van der Waals surface area (Å²) < 4.78 is 0. The molecular formula is C19H27NO5. The molecule has 1 unspecified atom stereocenters. The molecule has 0 radical (unpaired) electrons. The first-order chi connectivity index (χ1) is 11.7. The summed E-state index contributed by atoms with van der Waals surface area (Å²) in [5, 5.41) is 21.4. The van der Waals surface area contributed by atoms with Gasteiger partial charge < -0.3 is 15.5 Å². The molecule has 0 heterocycles. The first kappa shape index (κ1) is 21.0. The number of hydrogen-bond acceptors (Lipinski definition) is 5.